The van der Waals surface area contributed by atoms with Gasteiger partial charge in [-0.25, -0.2) is 0 Å². The Balaban J connectivity index is 1.55. The first-order valence-corrected chi connectivity index (χ1v) is 12.3. The topological polar surface area (TPSA) is 69.7 Å². The van der Waals surface area contributed by atoms with E-state index in [1.165, 1.54) is 12.5 Å². The van der Waals surface area contributed by atoms with E-state index in [-0.39, 0.29) is 35.1 Å². The van der Waals surface area contributed by atoms with Crippen LogP contribution in [0.3, 0.4) is 0 Å². The minimum absolute atomic E-state index is 0.0252. The van der Waals surface area contributed by atoms with Crippen molar-refractivity contribution in [2.75, 3.05) is 0 Å². The molecule has 0 heterocycles. The Morgan fingerprint density at radius 1 is 1.06 bits per heavy atom. The molecule has 2 fully saturated rings. The Hall–Kier alpha value is -1.51. The van der Waals surface area contributed by atoms with Crippen molar-refractivity contribution < 1.29 is 35.3 Å². The van der Waals surface area contributed by atoms with Crippen molar-refractivity contribution in [1.29, 1.82) is 0 Å². The van der Waals surface area contributed by atoms with E-state index in [4.69, 9.17) is 4.74 Å². The molecule has 0 spiro atoms. The molecule has 174 valence electrons. The van der Waals surface area contributed by atoms with Crippen molar-refractivity contribution in [3.05, 3.63) is 23.5 Å². The van der Waals surface area contributed by atoms with E-state index >= 15 is 0 Å². The summed E-state index contributed by atoms with van der Waals surface area (Å²) in [5, 5.41) is 0. The summed E-state index contributed by atoms with van der Waals surface area (Å²) in [5.41, 5.74) is -4.86. The van der Waals surface area contributed by atoms with E-state index in [1.54, 1.807) is 6.08 Å². The highest BCUT2D eigenvalue weighted by Gasteiger charge is 2.59. The molecule has 2 saturated carbocycles. The standard InChI is InChI=1S/C22H29F3O5S/c1-13(26)29-15-8-10-20(2)14(12-15)4-5-16-17-6-7-19(21(17,3)11-9-18(16)20)30-31(27,28)22(23,24)25/h4,7,15-18H,5-6,8-12H2,1-3H3/t15-,16?,17?,18?,20?,21-/m0/s1. The summed E-state index contributed by atoms with van der Waals surface area (Å²) in [6, 6.07) is 0. The zero-order valence-corrected chi connectivity index (χ0v) is 18.8. The van der Waals surface area contributed by atoms with Gasteiger partial charge in [-0.3, -0.25) is 4.79 Å². The van der Waals surface area contributed by atoms with Crippen LogP contribution in [-0.2, 0) is 23.8 Å². The lowest BCUT2D eigenvalue weighted by Gasteiger charge is -2.57. The fourth-order valence-electron chi connectivity index (χ4n) is 6.79. The number of hydrogen-bond donors (Lipinski definition) is 0. The Morgan fingerprint density at radius 2 is 1.74 bits per heavy atom. The molecule has 0 amide bonds. The van der Waals surface area contributed by atoms with Crippen LogP contribution in [0.1, 0.15) is 65.7 Å². The van der Waals surface area contributed by atoms with Crippen LogP contribution < -0.4 is 0 Å². The van der Waals surface area contributed by atoms with Crippen LogP contribution in [0.25, 0.3) is 0 Å². The van der Waals surface area contributed by atoms with Crippen molar-refractivity contribution in [3.8, 4) is 0 Å². The first-order chi connectivity index (χ1) is 14.3. The Kier molecular flexibility index (Phi) is 5.30. The number of ether oxygens (including phenoxy) is 1. The lowest BCUT2D eigenvalue weighted by Crippen LogP contribution is -2.50. The van der Waals surface area contributed by atoms with Crippen LogP contribution in [0.5, 0.6) is 0 Å². The fourth-order valence-corrected chi connectivity index (χ4v) is 7.37. The van der Waals surface area contributed by atoms with E-state index in [0.717, 1.165) is 32.1 Å². The van der Waals surface area contributed by atoms with Gasteiger partial charge in [-0.1, -0.05) is 25.5 Å². The predicted molar refractivity (Wildman–Crippen MR) is 107 cm³/mol. The van der Waals surface area contributed by atoms with Crippen LogP contribution in [0, 0.1) is 28.6 Å². The van der Waals surface area contributed by atoms with Gasteiger partial charge in [0.05, 0.1) is 0 Å². The molecule has 0 saturated heterocycles. The minimum Gasteiger partial charge on any atom is -0.462 e. The summed E-state index contributed by atoms with van der Waals surface area (Å²) < 4.78 is 71.9. The van der Waals surface area contributed by atoms with E-state index in [2.05, 4.69) is 17.2 Å². The molecule has 0 bridgehead atoms. The number of rotatable bonds is 3. The molecule has 9 heteroatoms. The molecule has 4 aliphatic rings. The first-order valence-electron chi connectivity index (χ1n) is 10.9. The van der Waals surface area contributed by atoms with Gasteiger partial charge in [-0.15, -0.1) is 0 Å². The molecule has 0 aromatic heterocycles. The van der Waals surface area contributed by atoms with E-state index in [9.17, 15) is 26.4 Å². The van der Waals surface area contributed by atoms with Gasteiger partial charge in [0.1, 0.15) is 11.9 Å². The average molecular weight is 463 g/mol. The van der Waals surface area contributed by atoms with Gasteiger partial charge >= 0.3 is 21.6 Å². The van der Waals surface area contributed by atoms with Crippen LogP contribution >= 0.6 is 0 Å². The zero-order valence-electron chi connectivity index (χ0n) is 18.0. The Labute approximate surface area is 181 Å². The van der Waals surface area contributed by atoms with Gasteiger partial charge in [0, 0.05) is 18.8 Å². The maximum absolute atomic E-state index is 12.9. The van der Waals surface area contributed by atoms with Crippen LogP contribution in [0.15, 0.2) is 23.5 Å². The van der Waals surface area contributed by atoms with Crippen LogP contribution in [0.4, 0.5) is 13.2 Å². The minimum atomic E-state index is -5.67. The first kappa shape index (κ1) is 22.7. The van der Waals surface area contributed by atoms with E-state index in [1.807, 2.05) is 6.92 Å². The number of esters is 1. The Bertz CT molecular complexity index is 937. The molecule has 4 rings (SSSR count). The molecule has 0 N–H and O–H groups in total. The number of carbonyl (C=O) groups excluding carboxylic acids is 1. The smallest absolute Gasteiger partial charge is 0.462 e. The summed E-state index contributed by atoms with van der Waals surface area (Å²) in [6.45, 7) is 5.53. The summed E-state index contributed by atoms with van der Waals surface area (Å²) in [5.74, 6) is 0.353. The Morgan fingerprint density at radius 3 is 2.39 bits per heavy atom. The van der Waals surface area contributed by atoms with Crippen molar-refractivity contribution >= 4 is 16.1 Å². The largest absolute Gasteiger partial charge is 0.534 e. The number of fused-ring (bicyclic) bond motifs is 5. The van der Waals surface area contributed by atoms with Gasteiger partial charge in [0.2, 0.25) is 0 Å². The molecule has 0 aliphatic heterocycles. The SMILES string of the molecule is CC(=O)O[C@H]1CCC2(C)C(=CCC3C2CC[C@]2(C)C(OS(=O)(=O)C(F)(F)F)=CCC32)C1. The molecular formula is C22H29F3O5S. The quantitative estimate of drug-likeness (QED) is 0.248. The average Bonchev–Trinajstić information content (AvgIpc) is 2.96. The highest BCUT2D eigenvalue weighted by molar-refractivity contribution is 7.87. The normalized spacial score (nSPS) is 40.1. The predicted octanol–water partition coefficient (Wildman–Crippen LogP) is 5.24. The van der Waals surface area contributed by atoms with Gasteiger partial charge in [-0.2, -0.15) is 21.6 Å². The third kappa shape index (κ3) is 3.60. The van der Waals surface area contributed by atoms with Crippen molar-refractivity contribution in [2.45, 2.75) is 77.3 Å². The molecule has 6 atom stereocenters. The van der Waals surface area contributed by atoms with Crippen molar-refractivity contribution in [2.24, 2.45) is 28.6 Å². The number of halogens is 3. The molecule has 0 radical (unpaired) electrons. The zero-order chi connectivity index (χ0) is 22.8. The van der Waals surface area contributed by atoms with Gasteiger partial charge in [0.15, 0.2) is 0 Å². The second kappa shape index (κ2) is 7.25. The summed E-state index contributed by atoms with van der Waals surface area (Å²) in [7, 11) is -5.67. The van der Waals surface area contributed by atoms with Crippen molar-refractivity contribution in [1.82, 2.24) is 0 Å². The van der Waals surface area contributed by atoms with Gasteiger partial charge < -0.3 is 8.92 Å². The molecule has 4 aliphatic carbocycles. The number of allylic oxidation sites excluding steroid dienone is 3. The van der Waals surface area contributed by atoms with Gasteiger partial charge in [0.25, 0.3) is 0 Å². The molecular weight excluding hydrogens is 433 g/mol. The summed E-state index contributed by atoms with van der Waals surface area (Å²) in [4.78, 5) is 11.4. The lowest BCUT2D eigenvalue weighted by molar-refractivity contribution is -0.148. The van der Waals surface area contributed by atoms with E-state index in [0.29, 0.717) is 18.8 Å². The summed E-state index contributed by atoms with van der Waals surface area (Å²) in [6.07, 6.45) is 8.84. The van der Waals surface area contributed by atoms with Crippen LogP contribution in [0.2, 0.25) is 0 Å². The third-order valence-corrected chi connectivity index (χ3v) is 9.35. The number of carbonyl (C=O) groups is 1. The van der Waals surface area contributed by atoms with Gasteiger partial charge in [-0.05, 0) is 67.8 Å². The molecule has 0 aromatic rings. The maximum Gasteiger partial charge on any atom is 0.534 e. The molecule has 31 heavy (non-hydrogen) atoms. The number of alkyl halides is 3. The maximum atomic E-state index is 12.9. The van der Waals surface area contributed by atoms with E-state index < -0.39 is 21.0 Å². The molecule has 5 nitrogen and oxygen atoms in total. The monoisotopic (exact) mass is 462 g/mol. The molecule has 4 unspecified atom stereocenters. The number of hydrogen-bond acceptors (Lipinski definition) is 5. The lowest BCUT2D eigenvalue weighted by atomic mass is 9.48. The highest BCUT2D eigenvalue weighted by atomic mass is 32.2. The van der Waals surface area contributed by atoms with Crippen molar-refractivity contribution in [3.63, 3.8) is 0 Å². The second-order valence-electron chi connectivity index (χ2n) is 9.98. The van der Waals surface area contributed by atoms with Crippen LogP contribution in [-0.4, -0.2) is 26.0 Å². The highest BCUT2D eigenvalue weighted by Crippen LogP contribution is 2.65. The summed E-state index contributed by atoms with van der Waals surface area (Å²) >= 11 is 0. The molecule has 0 aromatic carbocycles. The fraction of sp³-hybridized carbons (Fsp3) is 0.773. The second-order valence-corrected chi connectivity index (χ2v) is 11.5. The third-order valence-electron chi connectivity index (χ3n) is 8.38.